The molecule has 1 aromatic carbocycles. The van der Waals surface area contributed by atoms with Crippen molar-refractivity contribution in [3.63, 3.8) is 0 Å². The van der Waals surface area contributed by atoms with Gasteiger partial charge < -0.3 is 0 Å². The van der Waals surface area contributed by atoms with Gasteiger partial charge in [0.15, 0.2) is 5.78 Å². The molecule has 0 saturated carbocycles. The Morgan fingerprint density at radius 3 is 2.35 bits per heavy atom. The van der Waals surface area contributed by atoms with Crippen molar-refractivity contribution in [1.82, 2.24) is 0 Å². The van der Waals surface area contributed by atoms with Gasteiger partial charge in [-0.3, -0.25) is 4.79 Å². The molecule has 1 aromatic rings. The summed E-state index contributed by atoms with van der Waals surface area (Å²) in [5, 5.41) is 0. The molecule has 0 aliphatic carbocycles. The van der Waals surface area contributed by atoms with E-state index in [4.69, 9.17) is 0 Å². The first-order valence-corrected chi connectivity index (χ1v) is 5.53. The Labute approximate surface area is 98.6 Å². The number of Topliss-reactive ketones (excluding diaryl/α,β-unsaturated/α-hetero) is 1. The summed E-state index contributed by atoms with van der Waals surface area (Å²) in [4.78, 5) is 11.6. The molecule has 1 rings (SSSR count). The zero-order valence-corrected chi connectivity index (χ0v) is 9.63. The molecule has 0 aliphatic heterocycles. The van der Waals surface area contributed by atoms with E-state index in [9.17, 15) is 18.0 Å². The number of alkyl halides is 3. The first kappa shape index (κ1) is 13.7. The molecule has 1 unspecified atom stereocenters. The number of carbonyl (C=O) groups excluding carboxylic acids is 1. The summed E-state index contributed by atoms with van der Waals surface area (Å²) in [6.07, 6.45) is -4.53. The van der Waals surface area contributed by atoms with Crippen LogP contribution in [0.1, 0.15) is 36.5 Å². The minimum Gasteiger partial charge on any atom is -0.294 e. The van der Waals surface area contributed by atoms with Gasteiger partial charge in [0.05, 0.1) is 0 Å². The molecular weight excluding hydrogens is 229 g/mol. The number of ketones is 1. The average Bonchev–Trinajstić information content (AvgIpc) is 2.25. The third kappa shape index (κ3) is 5.52. The molecule has 94 valence electrons. The van der Waals surface area contributed by atoms with Gasteiger partial charge in [-0.1, -0.05) is 37.3 Å². The van der Waals surface area contributed by atoms with E-state index in [0.717, 1.165) is 0 Å². The molecule has 0 spiro atoms. The molecule has 0 aliphatic rings. The first-order chi connectivity index (χ1) is 7.88. The van der Waals surface area contributed by atoms with Crippen molar-refractivity contribution >= 4 is 5.78 Å². The summed E-state index contributed by atoms with van der Waals surface area (Å²) in [7, 11) is 0. The minimum atomic E-state index is -4.14. The lowest BCUT2D eigenvalue weighted by molar-refractivity contribution is -0.143. The van der Waals surface area contributed by atoms with E-state index in [1.165, 1.54) is 6.92 Å². The SMILES string of the molecule is CC(CCC(=O)c1ccccc1)CC(F)(F)F. The summed E-state index contributed by atoms with van der Waals surface area (Å²) >= 11 is 0. The van der Waals surface area contributed by atoms with E-state index in [2.05, 4.69) is 0 Å². The fourth-order valence-corrected chi connectivity index (χ4v) is 1.64. The van der Waals surface area contributed by atoms with E-state index < -0.39 is 18.5 Å². The molecule has 0 radical (unpaired) electrons. The van der Waals surface area contributed by atoms with Crippen LogP contribution in [0.4, 0.5) is 13.2 Å². The Morgan fingerprint density at radius 2 is 1.82 bits per heavy atom. The van der Waals surface area contributed by atoms with Crippen molar-refractivity contribution in [1.29, 1.82) is 0 Å². The fourth-order valence-electron chi connectivity index (χ4n) is 1.64. The van der Waals surface area contributed by atoms with Crippen LogP contribution >= 0.6 is 0 Å². The second kappa shape index (κ2) is 5.84. The molecule has 4 heteroatoms. The molecule has 0 saturated heterocycles. The van der Waals surface area contributed by atoms with Crippen molar-refractivity contribution in [2.24, 2.45) is 5.92 Å². The van der Waals surface area contributed by atoms with Gasteiger partial charge in [-0.15, -0.1) is 0 Å². The van der Waals surface area contributed by atoms with Gasteiger partial charge >= 0.3 is 6.18 Å². The summed E-state index contributed by atoms with van der Waals surface area (Å²) in [6, 6.07) is 8.63. The highest BCUT2D eigenvalue weighted by atomic mass is 19.4. The lowest BCUT2D eigenvalue weighted by Crippen LogP contribution is -2.14. The molecule has 1 atom stereocenters. The summed E-state index contributed by atoms with van der Waals surface area (Å²) < 4.78 is 36.2. The van der Waals surface area contributed by atoms with E-state index >= 15 is 0 Å². The highest BCUT2D eigenvalue weighted by Crippen LogP contribution is 2.27. The smallest absolute Gasteiger partial charge is 0.294 e. The Balaban J connectivity index is 2.39. The second-order valence-corrected chi connectivity index (χ2v) is 4.25. The number of hydrogen-bond acceptors (Lipinski definition) is 1. The van der Waals surface area contributed by atoms with Gasteiger partial charge in [-0.05, 0) is 12.3 Å². The maximum absolute atomic E-state index is 12.1. The molecule has 0 heterocycles. The third-order valence-electron chi connectivity index (χ3n) is 2.54. The predicted molar refractivity (Wildman–Crippen MR) is 59.8 cm³/mol. The third-order valence-corrected chi connectivity index (χ3v) is 2.54. The van der Waals surface area contributed by atoms with E-state index in [0.29, 0.717) is 5.56 Å². The predicted octanol–water partition coefficient (Wildman–Crippen LogP) is 4.24. The summed E-state index contributed by atoms with van der Waals surface area (Å²) in [5.41, 5.74) is 0.562. The van der Waals surface area contributed by atoms with Crippen molar-refractivity contribution in [2.75, 3.05) is 0 Å². The van der Waals surface area contributed by atoms with E-state index in [1.54, 1.807) is 30.3 Å². The largest absolute Gasteiger partial charge is 0.389 e. The Bertz CT molecular complexity index is 357. The van der Waals surface area contributed by atoms with Gasteiger partial charge in [-0.2, -0.15) is 13.2 Å². The van der Waals surface area contributed by atoms with Gasteiger partial charge in [0, 0.05) is 18.4 Å². The highest BCUT2D eigenvalue weighted by Gasteiger charge is 2.29. The van der Waals surface area contributed by atoms with Crippen LogP contribution in [0.5, 0.6) is 0 Å². The topological polar surface area (TPSA) is 17.1 Å². The van der Waals surface area contributed by atoms with E-state index in [1.807, 2.05) is 0 Å². The lowest BCUT2D eigenvalue weighted by Gasteiger charge is -2.13. The molecular formula is C13H15F3O. The Kier molecular flexibility index (Phi) is 4.73. The van der Waals surface area contributed by atoms with E-state index in [-0.39, 0.29) is 18.6 Å². The Morgan fingerprint density at radius 1 is 1.24 bits per heavy atom. The average molecular weight is 244 g/mol. The number of halogens is 3. The van der Waals surface area contributed by atoms with Crippen LogP contribution in [-0.4, -0.2) is 12.0 Å². The fraction of sp³-hybridized carbons (Fsp3) is 0.462. The number of hydrogen-bond donors (Lipinski definition) is 0. The molecule has 0 aromatic heterocycles. The molecule has 0 bridgehead atoms. The van der Waals surface area contributed by atoms with Crippen LogP contribution < -0.4 is 0 Å². The maximum atomic E-state index is 12.1. The highest BCUT2D eigenvalue weighted by molar-refractivity contribution is 5.95. The molecule has 0 N–H and O–H groups in total. The van der Waals surface area contributed by atoms with Gasteiger partial charge in [0.2, 0.25) is 0 Å². The molecule has 0 fully saturated rings. The maximum Gasteiger partial charge on any atom is 0.389 e. The summed E-state index contributed by atoms with van der Waals surface area (Å²) in [6.45, 7) is 1.52. The minimum absolute atomic E-state index is 0.0976. The summed E-state index contributed by atoms with van der Waals surface area (Å²) in [5.74, 6) is -0.609. The van der Waals surface area contributed by atoms with Crippen LogP contribution in [0.3, 0.4) is 0 Å². The van der Waals surface area contributed by atoms with Gasteiger partial charge in [-0.25, -0.2) is 0 Å². The molecule has 17 heavy (non-hydrogen) atoms. The van der Waals surface area contributed by atoms with Gasteiger partial charge in [0.1, 0.15) is 0 Å². The lowest BCUT2D eigenvalue weighted by atomic mass is 9.97. The van der Waals surface area contributed by atoms with Crippen LogP contribution in [0.2, 0.25) is 0 Å². The van der Waals surface area contributed by atoms with Crippen molar-refractivity contribution in [3.8, 4) is 0 Å². The number of benzene rings is 1. The number of carbonyl (C=O) groups is 1. The van der Waals surface area contributed by atoms with Crippen LogP contribution in [0.25, 0.3) is 0 Å². The van der Waals surface area contributed by atoms with Crippen LogP contribution in [0.15, 0.2) is 30.3 Å². The van der Waals surface area contributed by atoms with Crippen molar-refractivity contribution in [3.05, 3.63) is 35.9 Å². The Hall–Kier alpha value is -1.32. The standard InChI is InChI=1S/C13H15F3O/c1-10(9-13(14,15)16)7-8-12(17)11-5-3-2-4-6-11/h2-6,10H,7-9H2,1H3. The second-order valence-electron chi connectivity index (χ2n) is 4.25. The van der Waals surface area contributed by atoms with Crippen LogP contribution in [-0.2, 0) is 0 Å². The van der Waals surface area contributed by atoms with Crippen molar-refractivity contribution in [2.45, 2.75) is 32.4 Å². The van der Waals surface area contributed by atoms with Crippen LogP contribution in [0, 0.1) is 5.92 Å². The zero-order valence-electron chi connectivity index (χ0n) is 9.63. The normalized spacial score (nSPS) is 13.4. The zero-order chi connectivity index (χ0) is 12.9. The first-order valence-electron chi connectivity index (χ1n) is 5.53. The molecule has 0 amide bonds. The molecule has 1 nitrogen and oxygen atoms in total. The monoisotopic (exact) mass is 244 g/mol. The quantitative estimate of drug-likeness (QED) is 0.708. The number of rotatable bonds is 5. The van der Waals surface area contributed by atoms with Gasteiger partial charge in [0.25, 0.3) is 0 Å². The van der Waals surface area contributed by atoms with Crippen molar-refractivity contribution < 1.29 is 18.0 Å².